The Morgan fingerprint density at radius 2 is 2.14 bits per heavy atom. The van der Waals surface area contributed by atoms with Crippen LogP contribution in [0.5, 0.6) is 0 Å². The largest absolute Gasteiger partial charge is 0.322 e. The standard InChI is InChI=1S/C13H11Cl2N3OS.ClH/c1-7-11(20-13-16-4-5-18(7)13)12(19)17-8-2-3-9(14)10(15)6-8;/h2-3,6H,4-5H2,1H3,(H,17,19);1H. The molecule has 8 heteroatoms. The number of amidine groups is 1. The van der Waals surface area contributed by atoms with Crippen molar-refractivity contribution in [3.05, 3.63) is 38.8 Å². The summed E-state index contributed by atoms with van der Waals surface area (Å²) in [4.78, 5) is 19.4. The fraction of sp³-hybridized carbons (Fsp3) is 0.231. The van der Waals surface area contributed by atoms with Crippen molar-refractivity contribution in [2.24, 2.45) is 4.99 Å². The molecule has 1 N–H and O–H groups in total. The third kappa shape index (κ3) is 3.16. The van der Waals surface area contributed by atoms with Gasteiger partial charge in [0.1, 0.15) is 0 Å². The quantitative estimate of drug-likeness (QED) is 0.862. The fourth-order valence-electron chi connectivity index (χ4n) is 2.09. The van der Waals surface area contributed by atoms with E-state index in [1.54, 1.807) is 18.2 Å². The minimum Gasteiger partial charge on any atom is -0.322 e. The predicted molar refractivity (Wildman–Crippen MR) is 91.6 cm³/mol. The molecule has 0 saturated heterocycles. The number of nitrogens with one attached hydrogen (secondary N) is 1. The van der Waals surface area contributed by atoms with Gasteiger partial charge in [0.05, 0.1) is 21.5 Å². The highest BCUT2D eigenvalue weighted by Crippen LogP contribution is 2.37. The van der Waals surface area contributed by atoms with Gasteiger partial charge in [-0.1, -0.05) is 23.2 Å². The maximum atomic E-state index is 12.3. The summed E-state index contributed by atoms with van der Waals surface area (Å²) in [6.07, 6.45) is 0. The Morgan fingerprint density at radius 1 is 1.38 bits per heavy atom. The summed E-state index contributed by atoms with van der Waals surface area (Å²) in [6.45, 7) is 3.57. The van der Waals surface area contributed by atoms with Gasteiger partial charge in [-0.2, -0.15) is 0 Å². The van der Waals surface area contributed by atoms with Crippen molar-refractivity contribution in [2.45, 2.75) is 6.92 Å². The summed E-state index contributed by atoms with van der Waals surface area (Å²) in [7, 11) is 0. The van der Waals surface area contributed by atoms with Crippen LogP contribution >= 0.6 is 47.4 Å². The fourth-order valence-corrected chi connectivity index (χ4v) is 3.46. The van der Waals surface area contributed by atoms with Gasteiger partial charge >= 0.3 is 0 Å². The number of rotatable bonds is 2. The van der Waals surface area contributed by atoms with Gasteiger partial charge in [0.2, 0.25) is 0 Å². The molecule has 0 fully saturated rings. The zero-order valence-electron chi connectivity index (χ0n) is 11.0. The number of carbonyl (C=O) groups is 1. The van der Waals surface area contributed by atoms with Crippen LogP contribution in [0.1, 0.15) is 6.92 Å². The van der Waals surface area contributed by atoms with Gasteiger partial charge < -0.3 is 10.2 Å². The number of fused-ring (bicyclic) bond motifs is 1. The third-order valence-electron chi connectivity index (χ3n) is 3.11. The van der Waals surface area contributed by atoms with Crippen molar-refractivity contribution in [1.29, 1.82) is 0 Å². The maximum Gasteiger partial charge on any atom is 0.264 e. The topological polar surface area (TPSA) is 44.7 Å². The molecule has 21 heavy (non-hydrogen) atoms. The predicted octanol–water partition coefficient (Wildman–Crippen LogP) is 4.00. The van der Waals surface area contributed by atoms with Crippen LogP contribution < -0.4 is 5.32 Å². The zero-order valence-corrected chi connectivity index (χ0v) is 14.2. The number of amides is 1. The van der Waals surface area contributed by atoms with Gasteiger partial charge in [-0.15, -0.1) is 12.4 Å². The number of carbonyl (C=O) groups excluding carboxylic acids is 1. The summed E-state index contributed by atoms with van der Waals surface area (Å²) in [5.41, 5.74) is 1.57. The average molecular weight is 365 g/mol. The number of hydrogen-bond acceptors (Lipinski definition) is 4. The lowest BCUT2D eigenvalue weighted by Gasteiger charge is -2.12. The molecule has 0 saturated carbocycles. The Balaban J connectivity index is 0.00000161. The molecule has 3 rings (SSSR count). The van der Waals surface area contributed by atoms with Crippen LogP contribution in [0, 0.1) is 0 Å². The van der Waals surface area contributed by atoms with Gasteiger partial charge in [-0.3, -0.25) is 9.79 Å². The van der Waals surface area contributed by atoms with E-state index in [2.05, 4.69) is 15.2 Å². The summed E-state index contributed by atoms with van der Waals surface area (Å²) >= 11 is 13.2. The Morgan fingerprint density at radius 3 is 2.81 bits per heavy atom. The lowest BCUT2D eigenvalue weighted by Crippen LogP contribution is -2.20. The van der Waals surface area contributed by atoms with Gasteiger partial charge in [-0.25, -0.2) is 0 Å². The van der Waals surface area contributed by atoms with E-state index in [1.807, 2.05) is 6.92 Å². The molecule has 0 unspecified atom stereocenters. The van der Waals surface area contributed by atoms with E-state index >= 15 is 0 Å². The first-order valence-corrected chi connectivity index (χ1v) is 7.60. The average Bonchev–Trinajstić information content (AvgIpc) is 2.97. The SMILES string of the molecule is CC1=C(C(=O)Nc2ccc(Cl)c(Cl)c2)SC2=NCCN21.Cl. The summed E-state index contributed by atoms with van der Waals surface area (Å²) in [5, 5.41) is 4.61. The van der Waals surface area contributed by atoms with Crippen LogP contribution in [-0.4, -0.2) is 29.1 Å². The molecule has 0 atom stereocenters. The second-order valence-electron chi connectivity index (χ2n) is 4.42. The van der Waals surface area contributed by atoms with Crippen molar-refractivity contribution in [3.63, 3.8) is 0 Å². The number of nitrogens with zero attached hydrogens (tertiary/aromatic N) is 2. The number of hydrogen-bond donors (Lipinski definition) is 1. The molecule has 0 radical (unpaired) electrons. The molecule has 1 aromatic rings. The van der Waals surface area contributed by atoms with E-state index in [0.29, 0.717) is 20.6 Å². The lowest BCUT2D eigenvalue weighted by molar-refractivity contribution is -0.112. The van der Waals surface area contributed by atoms with E-state index in [4.69, 9.17) is 23.2 Å². The molecule has 2 heterocycles. The smallest absolute Gasteiger partial charge is 0.264 e. The van der Waals surface area contributed by atoms with Crippen LogP contribution in [-0.2, 0) is 4.79 Å². The summed E-state index contributed by atoms with van der Waals surface area (Å²) < 4.78 is 0. The highest BCUT2D eigenvalue weighted by Gasteiger charge is 2.32. The Hall–Kier alpha value is -0.880. The number of allylic oxidation sites excluding steroid dienone is 1. The maximum absolute atomic E-state index is 12.3. The first kappa shape index (κ1) is 16.5. The molecule has 1 amide bonds. The number of anilines is 1. The second-order valence-corrected chi connectivity index (χ2v) is 6.21. The number of benzene rings is 1. The molecule has 112 valence electrons. The number of halogens is 3. The molecule has 2 aliphatic rings. The molecule has 0 aromatic heterocycles. The van der Waals surface area contributed by atoms with E-state index in [9.17, 15) is 4.79 Å². The monoisotopic (exact) mass is 363 g/mol. The minimum atomic E-state index is -0.150. The van der Waals surface area contributed by atoms with Crippen LogP contribution in [0.2, 0.25) is 10.0 Å². The molecule has 1 aromatic carbocycles. The third-order valence-corrected chi connectivity index (χ3v) is 5.07. The normalized spacial score (nSPS) is 16.5. The van der Waals surface area contributed by atoms with Crippen molar-refractivity contribution < 1.29 is 4.79 Å². The highest BCUT2D eigenvalue weighted by atomic mass is 35.5. The molecule has 0 spiro atoms. The van der Waals surface area contributed by atoms with E-state index in [-0.39, 0.29) is 18.3 Å². The van der Waals surface area contributed by atoms with Crippen molar-refractivity contribution in [1.82, 2.24) is 4.90 Å². The van der Waals surface area contributed by atoms with Crippen LogP contribution in [0.15, 0.2) is 33.8 Å². The Labute approximate surface area is 143 Å². The minimum absolute atomic E-state index is 0. The summed E-state index contributed by atoms with van der Waals surface area (Å²) in [5.74, 6) is -0.150. The van der Waals surface area contributed by atoms with E-state index in [0.717, 1.165) is 24.0 Å². The second kappa shape index (κ2) is 6.48. The lowest BCUT2D eigenvalue weighted by atomic mass is 10.3. The first-order chi connectivity index (χ1) is 9.56. The van der Waals surface area contributed by atoms with Crippen LogP contribution in [0.25, 0.3) is 0 Å². The highest BCUT2D eigenvalue weighted by molar-refractivity contribution is 8.18. The zero-order chi connectivity index (χ0) is 14.3. The van der Waals surface area contributed by atoms with Gasteiger partial charge in [0.25, 0.3) is 5.91 Å². The van der Waals surface area contributed by atoms with Crippen molar-refractivity contribution in [2.75, 3.05) is 18.4 Å². The molecule has 4 nitrogen and oxygen atoms in total. The molecule has 0 bridgehead atoms. The number of aliphatic imine (C=N–C) groups is 1. The molecular weight excluding hydrogens is 353 g/mol. The van der Waals surface area contributed by atoms with Crippen LogP contribution in [0.4, 0.5) is 5.69 Å². The molecule has 2 aliphatic heterocycles. The van der Waals surface area contributed by atoms with E-state index < -0.39 is 0 Å². The van der Waals surface area contributed by atoms with Gasteiger partial charge in [0.15, 0.2) is 5.17 Å². The van der Waals surface area contributed by atoms with Gasteiger partial charge in [-0.05, 0) is 36.9 Å². The Kier molecular flexibility index (Phi) is 5.09. The van der Waals surface area contributed by atoms with Gasteiger partial charge in [0, 0.05) is 17.9 Å². The van der Waals surface area contributed by atoms with Crippen LogP contribution in [0.3, 0.4) is 0 Å². The summed E-state index contributed by atoms with van der Waals surface area (Å²) in [6, 6.07) is 5.01. The molecular formula is C13H12Cl3N3OS. The van der Waals surface area contributed by atoms with Crippen molar-refractivity contribution in [3.8, 4) is 0 Å². The number of thioether (sulfide) groups is 1. The van der Waals surface area contributed by atoms with Crippen molar-refractivity contribution >= 4 is 64.1 Å². The van der Waals surface area contributed by atoms with E-state index in [1.165, 1.54) is 11.8 Å². The Bertz CT molecular complexity index is 660. The first-order valence-electron chi connectivity index (χ1n) is 6.03. The molecule has 0 aliphatic carbocycles.